The lowest BCUT2D eigenvalue weighted by Gasteiger charge is -2.32. The van der Waals surface area contributed by atoms with E-state index in [4.69, 9.17) is 14.2 Å². The maximum Gasteiger partial charge on any atom is 0.193 e. The summed E-state index contributed by atoms with van der Waals surface area (Å²) >= 11 is 0. The van der Waals surface area contributed by atoms with Crippen molar-refractivity contribution < 1.29 is 14.2 Å². The molecule has 0 spiro atoms. The number of benzene rings is 1. The highest BCUT2D eigenvalue weighted by molar-refractivity contribution is 14.0. The van der Waals surface area contributed by atoms with Crippen LogP contribution in [-0.2, 0) is 11.3 Å². The summed E-state index contributed by atoms with van der Waals surface area (Å²) in [5.41, 5.74) is 1.14. The summed E-state index contributed by atoms with van der Waals surface area (Å²) < 4.78 is 16.7. The summed E-state index contributed by atoms with van der Waals surface area (Å²) in [6.07, 6.45) is 2.15. The maximum atomic E-state index is 5.74. The Morgan fingerprint density at radius 1 is 1.24 bits per heavy atom. The van der Waals surface area contributed by atoms with Gasteiger partial charge in [-0.15, -0.1) is 24.0 Å². The molecule has 0 aliphatic carbocycles. The minimum Gasteiger partial charge on any atom is -0.493 e. The highest BCUT2D eigenvalue weighted by atomic mass is 127. The molecular weight excluding hydrogens is 483 g/mol. The van der Waals surface area contributed by atoms with E-state index in [2.05, 4.69) is 33.1 Å². The van der Waals surface area contributed by atoms with E-state index < -0.39 is 0 Å². The normalized spacial score (nSPS) is 20.3. The smallest absolute Gasteiger partial charge is 0.193 e. The molecule has 1 N–H and O–H groups in total. The lowest BCUT2D eigenvalue weighted by atomic mass is 10.2. The second-order valence-electron chi connectivity index (χ2n) is 7.27. The van der Waals surface area contributed by atoms with Gasteiger partial charge in [0.15, 0.2) is 17.5 Å². The van der Waals surface area contributed by atoms with Gasteiger partial charge in [-0.1, -0.05) is 13.0 Å². The molecule has 1 atom stereocenters. The van der Waals surface area contributed by atoms with Crippen molar-refractivity contribution >= 4 is 29.9 Å². The highest BCUT2D eigenvalue weighted by Gasteiger charge is 2.30. The SMILES string of the molecule is CCCOc1ccc(CNC(=NC)N2CCC(N3CCOCC3)C2)cc1OC.I. The fraction of sp³-hybridized carbons (Fsp3) is 0.667. The van der Waals surface area contributed by atoms with Gasteiger partial charge in [-0.05, 0) is 30.5 Å². The van der Waals surface area contributed by atoms with Crippen molar-refractivity contribution in [3.05, 3.63) is 23.8 Å². The molecule has 0 radical (unpaired) electrons. The molecular formula is C21H35IN4O3. The van der Waals surface area contributed by atoms with Crippen LogP contribution in [0.3, 0.4) is 0 Å². The maximum absolute atomic E-state index is 5.74. The molecule has 0 amide bonds. The number of hydrogen-bond donors (Lipinski definition) is 1. The predicted octanol–water partition coefficient (Wildman–Crippen LogP) is 2.58. The summed E-state index contributed by atoms with van der Waals surface area (Å²) in [5, 5.41) is 3.50. The van der Waals surface area contributed by atoms with Crippen LogP contribution in [-0.4, -0.2) is 82.0 Å². The fourth-order valence-electron chi connectivity index (χ4n) is 3.84. The third kappa shape index (κ3) is 6.62. The van der Waals surface area contributed by atoms with Gasteiger partial charge in [0, 0.05) is 45.8 Å². The Kier molecular flexibility index (Phi) is 10.3. The van der Waals surface area contributed by atoms with Crippen LogP contribution in [0.2, 0.25) is 0 Å². The molecule has 2 aliphatic rings. The molecule has 2 fully saturated rings. The molecule has 3 rings (SSSR count). The van der Waals surface area contributed by atoms with E-state index in [-0.39, 0.29) is 24.0 Å². The van der Waals surface area contributed by atoms with Gasteiger partial charge in [-0.25, -0.2) is 0 Å². The first-order chi connectivity index (χ1) is 13.7. The predicted molar refractivity (Wildman–Crippen MR) is 127 cm³/mol. The van der Waals surface area contributed by atoms with Gasteiger partial charge in [-0.3, -0.25) is 9.89 Å². The Hall–Kier alpha value is -1.26. The molecule has 29 heavy (non-hydrogen) atoms. The Bertz CT molecular complexity index is 653. The second kappa shape index (κ2) is 12.4. The number of likely N-dealkylation sites (tertiary alicyclic amines) is 1. The van der Waals surface area contributed by atoms with Crippen molar-refractivity contribution in [1.82, 2.24) is 15.1 Å². The summed E-state index contributed by atoms with van der Waals surface area (Å²) in [6.45, 7) is 9.33. The van der Waals surface area contributed by atoms with Crippen LogP contribution in [0.15, 0.2) is 23.2 Å². The number of halogens is 1. The summed E-state index contributed by atoms with van der Waals surface area (Å²) in [5.74, 6) is 2.53. The molecule has 1 aromatic carbocycles. The van der Waals surface area contributed by atoms with E-state index >= 15 is 0 Å². The monoisotopic (exact) mass is 518 g/mol. The number of nitrogens with zero attached hydrogens (tertiary/aromatic N) is 3. The summed E-state index contributed by atoms with van der Waals surface area (Å²) in [7, 11) is 3.53. The van der Waals surface area contributed by atoms with Crippen molar-refractivity contribution in [3.63, 3.8) is 0 Å². The van der Waals surface area contributed by atoms with E-state index in [0.717, 1.165) is 68.8 Å². The van der Waals surface area contributed by atoms with Crippen molar-refractivity contribution in [1.29, 1.82) is 0 Å². The van der Waals surface area contributed by atoms with Crippen LogP contribution in [0.4, 0.5) is 0 Å². The number of ether oxygens (including phenoxy) is 3. The Morgan fingerprint density at radius 2 is 2.03 bits per heavy atom. The first-order valence-electron chi connectivity index (χ1n) is 10.3. The zero-order valence-corrected chi connectivity index (χ0v) is 20.2. The van der Waals surface area contributed by atoms with Gasteiger partial charge < -0.3 is 24.4 Å². The fourth-order valence-corrected chi connectivity index (χ4v) is 3.84. The van der Waals surface area contributed by atoms with Crippen LogP contribution in [0, 0.1) is 0 Å². The molecule has 7 nitrogen and oxygen atoms in total. The van der Waals surface area contributed by atoms with Crippen LogP contribution < -0.4 is 14.8 Å². The zero-order valence-electron chi connectivity index (χ0n) is 17.9. The van der Waals surface area contributed by atoms with E-state index in [1.54, 1.807) is 7.11 Å². The molecule has 2 aliphatic heterocycles. The third-order valence-corrected chi connectivity index (χ3v) is 5.38. The number of rotatable bonds is 7. The average molecular weight is 518 g/mol. The van der Waals surface area contributed by atoms with E-state index in [1.165, 1.54) is 6.42 Å². The summed E-state index contributed by atoms with van der Waals surface area (Å²) in [4.78, 5) is 9.41. The molecule has 2 heterocycles. The van der Waals surface area contributed by atoms with Crippen LogP contribution in [0.25, 0.3) is 0 Å². The Labute approximate surface area is 191 Å². The Balaban J connectivity index is 0.00000300. The zero-order chi connectivity index (χ0) is 19.8. The van der Waals surface area contributed by atoms with Crippen molar-refractivity contribution in [2.24, 2.45) is 4.99 Å². The number of methoxy groups -OCH3 is 1. The second-order valence-corrected chi connectivity index (χ2v) is 7.27. The average Bonchev–Trinajstić information content (AvgIpc) is 3.23. The summed E-state index contributed by atoms with van der Waals surface area (Å²) in [6, 6.07) is 6.69. The minimum absolute atomic E-state index is 0. The standard InChI is InChI=1S/C21H34N4O3.HI/c1-4-11-28-19-6-5-17(14-20(19)26-3)15-23-21(22-2)25-8-7-18(16-25)24-9-12-27-13-10-24;/h5-6,14,18H,4,7-13,15-16H2,1-3H3,(H,22,23);1H. The first-order valence-corrected chi connectivity index (χ1v) is 10.3. The lowest BCUT2D eigenvalue weighted by Crippen LogP contribution is -2.46. The van der Waals surface area contributed by atoms with Gasteiger partial charge in [0.25, 0.3) is 0 Å². The van der Waals surface area contributed by atoms with E-state index in [9.17, 15) is 0 Å². The molecule has 0 saturated carbocycles. The number of aliphatic imine (C=N–C) groups is 1. The molecule has 164 valence electrons. The van der Waals surface area contributed by atoms with Crippen molar-refractivity contribution in [3.8, 4) is 11.5 Å². The first kappa shape index (κ1) is 24.0. The number of guanidine groups is 1. The van der Waals surface area contributed by atoms with Crippen LogP contribution in [0.5, 0.6) is 11.5 Å². The largest absolute Gasteiger partial charge is 0.493 e. The van der Waals surface area contributed by atoms with E-state index in [1.807, 2.05) is 19.2 Å². The number of morpholine rings is 1. The van der Waals surface area contributed by atoms with Crippen LogP contribution >= 0.6 is 24.0 Å². The Morgan fingerprint density at radius 3 is 2.72 bits per heavy atom. The molecule has 1 unspecified atom stereocenters. The molecule has 2 saturated heterocycles. The van der Waals surface area contributed by atoms with Gasteiger partial charge in [0.1, 0.15) is 0 Å². The highest BCUT2D eigenvalue weighted by Crippen LogP contribution is 2.28. The van der Waals surface area contributed by atoms with Crippen LogP contribution in [0.1, 0.15) is 25.3 Å². The molecule has 0 aromatic heterocycles. The number of hydrogen-bond acceptors (Lipinski definition) is 5. The third-order valence-electron chi connectivity index (χ3n) is 5.38. The van der Waals surface area contributed by atoms with Gasteiger partial charge in [0.05, 0.1) is 26.9 Å². The quantitative estimate of drug-likeness (QED) is 0.340. The van der Waals surface area contributed by atoms with Crippen molar-refractivity contribution in [2.75, 3.05) is 60.2 Å². The number of nitrogens with one attached hydrogen (secondary N) is 1. The van der Waals surface area contributed by atoms with Gasteiger partial charge in [-0.2, -0.15) is 0 Å². The van der Waals surface area contributed by atoms with Gasteiger partial charge in [0.2, 0.25) is 0 Å². The van der Waals surface area contributed by atoms with E-state index in [0.29, 0.717) is 19.2 Å². The van der Waals surface area contributed by atoms with Gasteiger partial charge >= 0.3 is 0 Å². The lowest BCUT2D eigenvalue weighted by molar-refractivity contribution is 0.0195. The topological polar surface area (TPSA) is 58.6 Å². The molecule has 8 heteroatoms. The minimum atomic E-state index is 0. The molecule has 1 aromatic rings. The van der Waals surface area contributed by atoms with Crippen molar-refractivity contribution in [2.45, 2.75) is 32.4 Å². The molecule has 0 bridgehead atoms.